The van der Waals surface area contributed by atoms with Gasteiger partial charge in [0.05, 0.1) is 17.6 Å². The second kappa shape index (κ2) is 5.77. The maximum absolute atomic E-state index is 10.7. The molecule has 0 radical (unpaired) electrons. The van der Waals surface area contributed by atoms with Crippen LogP contribution in [0.5, 0.6) is 11.5 Å². The summed E-state index contributed by atoms with van der Waals surface area (Å²) in [5.41, 5.74) is 7.55. The molecule has 8 nitrogen and oxygen atoms in total. The highest BCUT2D eigenvalue weighted by molar-refractivity contribution is 7.80. The third-order valence-electron chi connectivity index (χ3n) is 1.93. The number of benzene rings is 1. The van der Waals surface area contributed by atoms with Gasteiger partial charge in [-0.15, -0.1) is 10.5 Å². The van der Waals surface area contributed by atoms with E-state index in [0.29, 0.717) is 5.56 Å². The summed E-state index contributed by atoms with van der Waals surface area (Å²) in [6.45, 7) is 0. The van der Waals surface area contributed by atoms with Crippen LogP contribution in [-0.4, -0.2) is 28.5 Å². The molecule has 0 spiro atoms. The summed E-state index contributed by atoms with van der Waals surface area (Å²) in [6, 6.07) is 2.59. The third-order valence-corrected chi connectivity index (χ3v) is 2.03. The van der Waals surface area contributed by atoms with Crippen molar-refractivity contribution in [2.45, 2.75) is 0 Å². The monoisotopic (exact) mass is 271 g/mol. The van der Waals surface area contributed by atoms with Crippen LogP contribution in [0.25, 0.3) is 0 Å². The molecular formula is C9H11N4O4S+. The van der Waals surface area contributed by atoms with E-state index in [9.17, 15) is 15.2 Å². The third kappa shape index (κ3) is 3.28. The van der Waals surface area contributed by atoms with Crippen LogP contribution in [0.15, 0.2) is 12.1 Å². The molecule has 0 fully saturated rings. The number of nitrogens with two attached hydrogens (primary N) is 1. The van der Waals surface area contributed by atoms with Crippen LogP contribution in [0, 0.1) is 10.1 Å². The highest BCUT2D eigenvalue weighted by Gasteiger charge is 2.19. The summed E-state index contributed by atoms with van der Waals surface area (Å²) in [6.07, 6.45) is 1.38. The number of nitrogens with one attached hydrogen (secondary N) is 2. The second-order valence-electron chi connectivity index (χ2n) is 3.13. The molecule has 0 saturated heterocycles. The number of hydrazone groups is 1. The zero-order chi connectivity index (χ0) is 13.7. The molecule has 1 aromatic rings. The smallest absolute Gasteiger partial charge is 0.315 e. The molecule has 1 aromatic carbocycles. The minimum atomic E-state index is -0.712. The van der Waals surface area contributed by atoms with E-state index in [2.05, 4.69) is 22.7 Å². The predicted octanol–water partition coefficient (Wildman–Crippen LogP) is -1.44. The Labute approximate surface area is 107 Å². The van der Waals surface area contributed by atoms with E-state index in [1.54, 1.807) is 0 Å². The van der Waals surface area contributed by atoms with Crippen molar-refractivity contribution in [1.82, 2.24) is 5.43 Å². The Bertz CT molecular complexity index is 518. The number of hydrogen-bond acceptors (Lipinski definition) is 5. The molecule has 0 saturated carbocycles. The molecule has 0 aliphatic carbocycles. The first-order valence-corrected chi connectivity index (χ1v) is 5.06. The van der Waals surface area contributed by atoms with Crippen LogP contribution >= 0.6 is 12.2 Å². The lowest BCUT2D eigenvalue weighted by molar-refractivity contribution is -0.499. The standard InChI is InChI=1S/C9H10N4O4S/c1-17-7-3-5(4-11-12-9(10)18)2-6(8(7)14)13(15)16/h2-4,14H,1H3,(H3,10,12,18)/p+1/b11-4+. The molecule has 1 rings (SSSR count). The van der Waals surface area contributed by atoms with Crippen LogP contribution in [0.3, 0.4) is 0 Å². The van der Waals surface area contributed by atoms with Gasteiger partial charge in [0.1, 0.15) is 0 Å². The highest BCUT2D eigenvalue weighted by Crippen LogP contribution is 2.36. The zero-order valence-electron chi connectivity index (χ0n) is 9.34. The fourth-order valence-electron chi connectivity index (χ4n) is 1.18. The zero-order valence-corrected chi connectivity index (χ0v) is 10.2. The molecule has 0 atom stereocenters. The number of hydrogen-bond donors (Lipinski definition) is 4. The normalized spacial score (nSPS) is 10.3. The van der Waals surface area contributed by atoms with Gasteiger partial charge in [0, 0.05) is 6.07 Å². The van der Waals surface area contributed by atoms with Gasteiger partial charge in [0.2, 0.25) is 10.9 Å². The number of methoxy groups -OCH3 is 1. The van der Waals surface area contributed by atoms with Crippen molar-refractivity contribution in [3.05, 3.63) is 27.8 Å². The van der Waals surface area contributed by atoms with Crippen molar-refractivity contribution in [2.75, 3.05) is 7.11 Å². The fourth-order valence-corrected chi connectivity index (χ4v) is 1.24. The molecule has 96 valence electrons. The molecule has 0 aromatic heterocycles. The molecular weight excluding hydrogens is 260 g/mol. The van der Waals surface area contributed by atoms with E-state index in [1.807, 2.05) is 0 Å². The van der Waals surface area contributed by atoms with Crippen molar-refractivity contribution in [1.29, 1.82) is 0 Å². The van der Waals surface area contributed by atoms with Gasteiger partial charge >= 0.3 is 5.69 Å². The Morgan fingerprint density at radius 2 is 2.39 bits per heavy atom. The maximum Gasteiger partial charge on any atom is 0.315 e. The topological polar surface area (TPSA) is 125 Å². The SMILES string of the molecule is COc1cc(/C=[NH+]/NC(N)=S)cc([N+](=O)[O-])c1O. The van der Waals surface area contributed by atoms with Gasteiger partial charge in [0.25, 0.3) is 0 Å². The number of thiocarbonyl (C=S) groups is 1. The van der Waals surface area contributed by atoms with Crippen molar-refractivity contribution in [3.63, 3.8) is 0 Å². The molecule has 9 heteroatoms. The predicted molar refractivity (Wildman–Crippen MR) is 67.4 cm³/mol. The summed E-state index contributed by atoms with van der Waals surface area (Å²) in [5.74, 6) is -0.533. The average molecular weight is 271 g/mol. The number of phenols is 1. The van der Waals surface area contributed by atoms with Crippen LogP contribution in [0.4, 0.5) is 5.69 Å². The van der Waals surface area contributed by atoms with Gasteiger partial charge in [-0.05, 0) is 18.3 Å². The Kier molecular flexibility index (Phi) is 4.38. The van der Waals surface area contributed by atoms with Crippen molar-refractivity contribution in [3.8, 4) is 11.5 Å². The van der Waals surface area contributed by atoms with Crippen LogP contribution in [0.2, 0.25) is 0 Å². The van der Waals surface area contributed by atoms with Crippen LogP contribution < -0.4 is 21.0 Å². The molecule has 0 amide bonds. The molecule has 0 aliphatic heterocycles. The quantitative estimate of drug-likeness (QED) is 0.229. The maximum atomic E-state index is 10.7. The van der Waals surface area contributed by atoms with Crippen molar-refractivity contribution < 1.29 is 19.9 Å². The molecule has 0 heterocycles. The summed E-state index contributed by atoms with van der Waals surface area (Å²) in [5, 5.41) is 22.8. The minimum Gasteiger partial charge on any atom is -0.500 e. The van der Waals surface area contributed by atoms with E-state index in [-0.39, 0.29) is 10.9 Å². The Balaban J connectivity index is 3.13. The first kappa shape index (κ1) is 13.6. The fraction of sp³-hybridized carbons (Fsp3) is 0.111. The molecule has 18 heavy (non-hydrogen) atoms. The summed E-state index contributed by atoms with van der Waals surface area (Å²) >= 11 is 4.56. The lowest BCUT2D eigenvalue weighted by Crippen LogP contribution is -2.82. The summed E-state index contributed by atoms with van der Waals surface area (Å²) < 4.78 is 4.83. The lowest BCUT2D eigenvalue weighted by atomic mass is 10.2. The second-order valence-corrected chi connectivity index (χ2v) is 3.57. The Hall–Kier alpha value is -2.42. The minimum absolute atomic E-state index is 0.00687. The van der Waals surface area contributed by atoms with E-state index in [1.165, 1.54) is 25.5 Å². The number of ether oxygens (including phenoxy) is 1. The first-order chi connectivity index (χ1) is 8.45. The van der Waals surface area contributed by atoms with Gasteiger partial charge in [0.15, 0.2) is 12.0 Å². The van der Waals surface area contributed by atoms with Gasteiger partial charge in [-0.1, -0.05) is 0 Å². The van der Waals surface area contributed by atoms with Gasteiger partial charge in [-0.25, -0.2) is 0 Å². The number of phenolic OH excluding ortho intramolecular Hbond substituents is 1. The number of nitro benzene ring substituents is 1. The molecule has 0 bridgehead atoms. The highest BCUT2D eigenvalue weighted by atomic mass is 32.1. The Morgan fingerprint density at radius 3 is 2.89 bits per heavy atom. The van der Waals surface area contributed by atoms with Gasteiger partial charge < -0.3 is 15.6 Å². The number of nitro groups is 1. The van der Waals surface area contributed by atoms with Crippen molar-refractivity contribution >= 4 is 29.2 Å². The molecule has 0 unspecified atom stereocenters. The summed E-state index contributed by atoms with van der Waals surface area (Å²) in [4.78, 5) is 10.0. The van der Waals surface area contributed by atoms with Crippen LogP contribution in [-0.2, 0) is 0 Å². The number of aromatic hydroxyl groups is 1. The van der Waals surface area contributed by atoms with E-state index < -0.39 is 16.4 Å². The number of nitrogens with zero attached hydrogens (tertiary/aromatic N) is 1. The molecule has 0 aliphatic rings. The largest absolute Gasteiger partial charge is 0.500 e. The first-order valence-electron chi connectivity index (χ1n) is 4.65. The van der Waals surface area contributed by atoms with E-state index in [4.69, 9.17) is 10.5 Å². The van der Waals surface area contributed by atoms with Crippen molar-refractivity contribution in [2.24, 2.45) is 5.73 Å². The summed E-state index contributed by atoms with van der Waals surface area (Å²) in [7, 11) is 1.29. The lowest BCUT2D eigenvalue weighted by Gasteiger charge is -2.03. The molecule has 5 N–H and O–H groups in total. The van der Waals surface area contributed by atoms with E-state index >= 15 is 0 Å². The average Bonchev–Trinajstić information content (AvgIpc) is 2.30. The van der Waals surface area contributed by atoms with Gasteiger partial charge in [-0.3, -0.25) is 10.1 Å². The van der Waals surface area contributed by atoms with Gasteiger partial charge in [-0.2, -0.15) is 0 Å². The number of rotatable bonds is 4. The van der Waals surface area contributed by atoms with Crippen LogP contribution in [0.1, 0.15) is 5.56 Å². The Morgan fingerprint density at radius 1 is 1.72 bits per heavy atom. The van der Waals surface area contributed by atoms with E-state index in [0.717, 1.165) is 0 Å². The number of hydrazine groups is 1.